The Kier molecular flexibility index (Phi) is 16.9. The van der Waals surface area contributed by atoms with Crippen LogP contribution >= 0.6 is 0 Å². The molecule has 9 aromatic carbocycles. The Hall–Kier alpha value is -5.74. The van der Waals surface area contributed by atoms with E-state index in [-0.39, 0.29) is 64.9 Å². The minimum absolute atomic E-state index is 0. The predicted molar refractivity (Wildman–Crippen MR) is 271 cm³/mol. The van der Waals surface area contributed by atoms with E-state index in [2.05, 4.69) is 263 Å². The zero-order valence-electron chi connectivity index (χ0n) is 37.7. The monoisotopic (exact) mass is 974 g/mol. The average molecular weight is 976 g/mol. The van der Waals surface area contributed by atoms with Crippen molar-refractivity contribution < 1.29 is 58.9 Å². The molecule has 0 radical (unpaired) electrons. The van der Waals surface area contributed by atoms with Crippen molar-refractivity contribution in [2.45, 2.75) is 20.8 Å². The molecule has 326 valence electrons. The van der Waals surface area contributed by atoms with Gasteiger partial charge < -0.3 is 37.2 Å². The Morgan fingerprint density at radius 1 is 0.313 bits per heavy atom. The fourth-order valence-corrected chi connectivity index (χ4v) is 15.6. The second kappa shape index (κ2) is 22.4. The average Bonchev–Trinajstić information content (AvgIpc) is 3.62. The molecule has 67 heavy (non-hydrogen) atoms. The molecule has 0 bridgehead atoms. The van der Waals surface area contributed by atoms with E-state index in [1.807, 2.05) is 0 Å². The van der Waals surface area contributed by atoms with Crippen LogP contribution < -0.4 is 52.8 Å². The van der Waals surface area contributed by atoms with Crippen LogP contribution in [-0.4, -0.2) is 8.07 Å². The summed E-state index contributed by atoms with van der Waals surface area (Å²) in [6, 6.07) is 88.1. The van der Waals surface area contributed by atoms with E-state index in [1.165, 1.54) is 98.7 Å². The van der Waals surface area contributed by atoms with Crippen molar-refractivity contribution in [3.63, 3.8) is 0 Å². The number of halogens is 3. The number of allylic oxidation sites excluding steroid dienone is 4. The van der Waals surface area contributed by atoms with Gasteiger partial charge in [0.15, 0.2) is 8.07 Å². The van der Waals surface area contributed by atoms with Gasteiger partial charge in [-0.05, 0) is 101 Å². The maximum atomic E-state index is 3.99. The second-order valence-electron chi connectivity index (χ2n) is 16.9. The Labute approximate surface area is 431 Å². The van der Waals surface area contributed by atoms with Crippen LogP contribution in [0.4, 0.5) is 0 Å². The van der Waals surface area contributed by atoms with Gasteiger partial charge in [-0.2, -0.15) is 5.20 Å². The summed E-state index contributed by atoms with van der Waals surface area (Å²) in [4.78, 5) is 0. The van der Waals surface area contributed by atoms with Crippen molar-refractivity contribution in [1.29, 1.82) is 0 Å². The molecule has 1 aliphatic rings. The van der Waals surface area contributed by atoms with Gasteiger partial charge >= 0.3 is 21.7 Å². The van der Waals surface area contributed by atoms with E-state index in [0.29, 0.717) is 0 Å². The molecule has 0 amide bonds. The van der Waals surface area contributed by atoms with Crippen LogP contribution in [0.5, 0.6) is 0 Å². The van der Waals surface area contributed by atoms with Crippen LogP contribution in [0.2, 0.25) is 0 Å². The molecule has 10 rings (SSSR count). The van der Waals surface area contributed by atoms with E-state index in [1.54, 1.807) is 0 Å². The summed E-state index contributed by atoms with van der Waals surface area (Å²) in [6.07, 6.45) is 3.99. The van der Waals surface area contributed by atoms with Gasteiger partial charge in [-0.3, -0.25) is 6.08 Å². The summed E-state index contributed by atoms with van der Waals surface area (Å²) >= 11 is 0. The molecule has 0 fully saturated rings. The second-order valence-corrected chi connectivity index (χ2v) is 20.6. The molecule has 1 unspecified atom stereocenters. The normalized spacial score (nSPS) is 13.0. The molecule has 0 nitrogen and oxygen atoms in total. The van der Waals surface area contributed by atoms with Gasteiger partial charge in [-0.15, -0.1) is 6.92 Å². The van der Waals surface area contributed by atoms with Crippen LogP contribution in [0.15, 0.2) is 253 Å². The van der Waals surface area contributed by atoms with Crippen LogP contribution in [0.25, 0.3) is 66.8 Å². The van der Waals surface area contributed by atoms with E-state index in [9.17, 15) is 0 Å². The Morgan fingerprint density at radius 2 is 0.522 bits per heavy atom. The van der Waals surface area contributed by atoms with E-state index >= 15 is 0 Å². The quantitative estimate of drug-likeness (QED) is 0.0977. The zero-order valence-corrected chi connectivity index (χ0v) is 42.6. The molecule has 0 spiro atoms. The van der Waals surface area contributed by atoms with Crippen LogP contribution in [0.1, 0.15) is 20.8 Å². The molecular weight excluding hydrogens is 927 g/mol. The van der Waals surface area contributed by atoms with Gasteiger partial charge in [-0.1, -0.05) is 238 Å². The molecule has 0 aromatic heterocycles. The Bertz CT molecular complexity index is 2640. The van der Waals surface area contributed by atoms with E-state index in [0.717, 1.165) is 0 Å². The van der Waals surface area contributed by atoms with Crippen molar-refractivity contribution >= 4 is 23.6 Å². The molecule has 0 aliphatic heterocycles. The summed E-state index contributed by atoms with van der Waals surface area (Å²) in [5, 5.41) is 5.55. The van der Waals surface area contributed by atoms with Crippen molar-refractivity contribution in [3.05, 3.63) is 259 Å². The molecular formula is C62H49Cl3SiTi. The molecule has 0 heterocycles. The summed E-state index contributed by atoms with van der Waals surface area (Å²) in [5.41, 5.74) is 17.1. The standard InChI is InChI=1S/C62H49Si.3ClH.Ti/c1-44-34-45(2)62(46(44)3)63(59-38-53(47-22-10-4-11-23-47)35-54(39-59)48-24-12-5-13-25-48,60-40-55(49-26-14-6-15-27-49)36-56(41-60)50-28-16-7-17-29-50)61-42-57(51-30-18-8-19-31-51)37-58(43-61)52-32-20-9-21-33-52;;;;/h4-33,35-43,45H,1-3H3;3*1H;/q-1;;;;+4/p-3. The van der Waals surface area contributed by atoms with Gasteiger partial charge in [0.1, 0.15) is 0 Å². The number of rotatable bonds is 10. The summed E-state index contributed by atoms with van der Waals surface area (Å²) < 4.78 is 0. The molecule has 1 aliphatic carbocycles. The molecule has 5 heteroatoms. The smallest absolute Gasteiger partial charge is 1.00 e. The summed E-state index contributed by atoms with van der Waals surface area (Å²) in [6.45, 7) is 7.01. The van der Waals surface area contributed by atoms with E-state index < -0.39 is 8.07 Å². The van der Waals surface area contributed by atoms with Crippen LogP contribution in [-0.2, 0) is 21.7 Å². The first kappa shape index (κ1) is 50.7. The fourth-order valence-electron chi connectivity index (χ4n) is 9.92. The molecule has 0 N–H and O–H groups in total. The Balaban J connectivity index is 0.00000185. The first-order valence-corrected chi connectivity index (χ1v) is 24.1. The predicted octanol–water partition coefficient (Wildman–Crippen LogP) is 5.42. The largest absolute Gasteiger partial charge is 4.00 e. The molecule has 1 atom stereocenters. The maximum absolute atomic E-state index is 3.99. The summed E-state index contributed by atoms with van der Waals surface area (Å²) in [7, 11) is -3.35. The van der Waals surface area contributed by atoms with E-state index in [4.69, 9.17) is 0 Å². The third kappa shape index (κ3) is 10.1. The van der Waals surface area contributed by atoms with Crippen LogP contribution in [0, 0.1) is 12.0 Å². The van der Waals surface area contributed by atoms with Gasteiger partial charge in [0, 0.05) is 0 Å². The first-order valence-electron chi connectivity index (χ1n) is 22.1. The zero-order chi connectivity index (χ0) is 42.8. The van der Waals surface area contributed by atoms with Crippen molar-refractivity contribution in [3.8, 4) is 66.8 Å². The van der Waals surface area contributed by atoms with Crippen molar-refractivity contribution in [2.75, 3.05) is 0 Å². The minimum Gasteiger partial charge on any atom is -1.00 e. The molecule has 0 saturated heterocycles. The molecule has 9 aromatic rings. The van der Waals surface area contributed by atoms with Gasteiger partial charge in [0.05, 0.1) is 0 Å². The number of benzene rings is 9. The van der Waals surface area contributed by atoms with Crippen molar-refractivity contribution in [2.24, 2.45) is 5.92 Å². The maximum Gasteiger partial charge on any atom is 4.00 e. The number of hydrogen-bond acceptors (Lipinski definition) is 0. The van der Waals surface area contributed by atoms with Crippen LogP contribution in [0.3, 0.4) is 0 Å². The third-order valence-corrected chi connectivity index (χ3v) is 18.1. The van der Waals surface area contributed by atoms with Gasteiger partial charge in [0.25, 0.3) is 0 Å². The van der Waals surface area contributed by atoms with Gasteiger partial charge in [-0.25, -0.2) is 11.1 Å². The minimum atomic E-state index is -3.35. The summed E-state index contributed by atoms with van der Waals surface area (Å²) in [5.74, 6) is 0.0818. The Morgan fingerprint density at radius 3 is 0.701 bits per heavy atom. The first-order chi connectivity index (χ1) is 31.0. The third-order valence-electron chi connectivity index (χ3n) is 13.0. The van der Waals surface area contributed by atoms with Gasteiger partial charge in [0.2, 0.25) is 0 Å². The fraction of sp³-hybridized carbons (Fsp3) is 0.0645. The molecule has 0 saturated carbocycles. The number of hydrogen-bond donors (Lipinski definition) is 0. The topological polar surface area (TPSA) is 0 Å². The SMILES string of the molecule is CC1=[C-]C(C)C([Si](c2cc(-c3ccccc3)cc(-c3ccccc3)c2)(c2cc(-c3ccccc3)cc(-c3ccccc3)c2)c2cc(-c3ccccc3)cc(-c3ccccc3)c2)=C1C.[Cl-].[Cl-].[Cl-].[Ti+4]. The van der Waals surface area contributed by atoms with Crippen molar-refractivity contribution in [1.82, 2.24) is 0 Å².